The van der Waals surface area contributed by atoms with Crippen molar-refractivity contribution in [2.75, 3.05) is 11.9 Å². The smallest absolute Gasteiger partial charge is 0.323 e. The number of aromatic amines is 2. The Labute approximate surface area is 116 Å². The molecule has 1 aliphatic rings. The van der Waals surface area contributed by atoms with Gasteiger partial charge in [0, 0.05) is 5.69 Å². The normalized spacial score (nSPS) is 22.9. The molecule has 0 bridgehead atoms. The van der Waals surface area contributed by atoms with Crippen molar-refractivity contribution in [3.05, 3.63) is 28.7 Å². The molecular weight excluding hydrogens is 256 g/mol. The first kappa shape index (κ1) is 12.9. The summed E-state index contributed by atoms with van der Waals surface area (Å²) >= 11 is 0. The molecule has 0 saturated carbocycles. The summed E-state index contributed by atoms with van der Waals surface area (Å²) < 4.78 is 0. The molecule has 6 heteroatoms. The molecule has 2 unspecified atom stereocenters. The summed E-state index contributed by atoms with van der Waals surface area (Å²) in [4.78, 5) is 28.8. The molecule has 1 aromatic carbocycles. The molecule has 1 aromatic heterocycles. The lowest BCUT2D eigenvalue weighted by molar-refractivity contribution is -0.119. The van der Waals surface area contributed by atoms with Crippen molar-refractivity contribution < 1.29 is 4.79 Å². The molecule has 6 nitrogen and oxygen atoms in total. The molecule has 3 rings (SSSR count). The molecule has 20 heavy (non-hydrogen) atoms. The number of carbonyl (C=O) groups is 1. The molecule has 0 spiro atoms. The number of piperidine rings is 1. The number of rotatable bonds is 2. The predicted octanol–water partition coefficient (Wildman–Crippen LogP) is 1.18. The van der Waals surface area contributed by atoms with E-state index in [-0.39, 0.29) is 17.6 Å². The molecule has 0 radical (unpaired) electrons. The van der Waals surface area contributed by atoms with Crippen molar-refractivity contribution in [2.24, 2.45) is 5.92 Å². The monoisotopic (exact) mass is 274 g/mol. The third-order valence-electron chi connectivity index (χ3n) is 3.77. The molecule has 2 aromatic rings. The molecule has 1 fully saturated rings. The quantitative estimate of drug-likeness (QED) is 0.663. The van der Waals surface area contributed by atoms with Crippen molar-refractivity contribution in [2.45, 2.75) is 25.8 Å². The molecule has 0 aliphatic carbocycles. The van der Waals surface area contributed by atoms with Gasteiger partial charge in [-0.2, -0.15) is 0 Å². The van der Waals surface area contributed by atoms with Crippen molar-refractivity contribution in [3.8, 4) is 0 Å². The van der Waals surface area contributed by atoms with Crippen LogP contribution in [-0.2, 0) is 4.79 Å². The largest absolute Gasteiger partial charge is 0.325 e. The summed E-state index contributed by atoms with van der Waals surface area (Å²) in [5, 5.41) is 6.13. The van der Waals surface area contributed by atoms with Gasteiger partial charge in [-0.3, -0.25) is 4.79 Å². The second kappa shape index (κ2) is 5.13. The van der Waals surface area contributed by atoms with Crippen LogP contribution in [0.2, 0.25) is 0 Å². The average molecular weight is 274 g/mol. The van der Waals surface area contributed by atoms with Gasteiger partial charge in [0.25, 0.3) is 0 Å². The first-order valence-corrected chi connectivity index (χ1v) is 6.88. The molecule has 106 valence electrons. The number of hydrogen-bond donors (Lipinski definition) is 4. The van der Waals surface area contributed by atoms with Gasteiger partial charge in [-0.1, -0.05) is 6.92 Å². The van der Waals surface area contributed by atoms with E-state index in [1.807, 2.05) is 0 Å². The molecule has 1 aliphatic heterocycles. The number of aromatic nitrogens is 2. The van der Waals surface area contributed by atoms with Crippen molar-refractivity contribution >= 4 is 22.6 Å². The van der Waals surface area contributed by atoms with Crippen LogP contribution >= 0.6 is 0 Å². The van der Waals surface area contributed by atoms with E-state index in [1.54, 1.807) is 18.2 Å². The van der Waals surface area contributed by atoms with E-state index >= 15 is 0 Å². The van der Waals surface area contributed by atoms with Gasteiger partial charge < -0.3 is 20.6 Å². The zero-order chi connectivity index (χ0) is 14.1. The third kappa shape index (κ3) is 2.60. The number of anilines is 1. The summed E-state index contributed by atoms with van der Waals surface area (Å²) in [5.41, 5.74) is 1.87. The van der Waals surface area contributed by atoms with Gasteiger partial charge in [-0.05, 0) is 43.5 Å². The summed E-state index contributed by atoms with van der Waals surface area (Å²) in [6.45, 7) is 3.04. The summed E-state index contributed by atoms with van der Waals surface area (Å²) in [5.74, 6) is 0.546. The second-order valence-corrected chi connectivity index (χ2v) is 5.46. The Hall–Kier alpha value is -2.08. The van der Waals surface area contributed by atoms with Crippen LogP contribution in [0.1, 0.15) is 19.8 Å². The fraction of sp³-hybridized carbons (Fsp3) is 0.429. The van der Waals surface area contributed by atoms with Crippen molar-refractivity contribution in [1.82, 2.24) is 15.3 Å². The van der Waals surface area contributed by atoms with Crippen LogP contribution in [-0.4, -0.2) is 28.5 Å². The summed E-state index contributed by atoms with van der Waals surface area (Å²) in [7, 11) is 0. The predicted molar refractivity (Wildman–Crippen MR) is 77.7 cm³/mol. The maximum Gasteiger partial charge on any atom is 0.323 e. The zero-order valence-electron chi connectivity index (χ0n) is 11.3. The number of fused-ring (bicyclic) bond motifs is 1. The Morgan fingerprint density at radius 3 is 2.90 bits per heavy atom. The minimum atomic E-state index is -0.244. The Kier molecular flexibility index (Phi) is 3.31. The lowest BCUT2D eigenvalue weighted by Crippen LogP contribution is -2.45. The van der Waals surface area contributed by atoms with E-state index in [4.69, 9.17) is 0 Å². The Bertz CT molecular complexity index is 688. The van der Waals surface area contributed by atoms with Gasteiger partial charge in [-0.25, -0.2) is 4.79 Å². The molecule has 2 atom stereocenters. The maximum absolute atomic E-state index is 12.2. The SMILES string of the molecule is CC1CCNC(C(=O)Nc2ccc3[nH]c(=O)[nH]c3c2)C1. The van der Waals surface area contributed by atoms with E-state index in [2.05, 4.69) is 27.5 Å². The molecule has 2 heterocycles. The number of carbonyl (C=O) groups excluding carboxylic acids is 1. The van der Waals surface area contributed by atoms with Crippen LogP contribution in [0.3, 0.4) is 0 Å². The maximum atomic E-state index is 12.2. The highest BCUT2D eigenvalue weighted by Gasteiger charge is 2.24. The fourth-order valence-electron chi connectivity index (χ4n) is 2.65. The van der Waals surface area contributed by atoms with Crippen LogP contribution in [0.25, 0.3) is 11.0 Å². The van der Waals surface area contributed by atoms with E-state index < -0.39 is 0 Å². The number of hydrogen-bond acceptors (Lipinski definition) is 3. The number of nitrogens with one attached hydrogen (secondary N) is 4. The summed E-state index contributed by atoms with van der Waals surface area (Å²) in [6, 6.07) is 5.19. The van der Waals surface area contributed by atoms with E-state index in [9.17, 15) is 9.59 Å². The number of H-pyrrole nitrogens is 2. The molecule has 4 N–H and O–H groups in total. The molecule has 1 amide bonds. The Morgan fingerprint density at radius 2 is 2.10 bits per heavy atom. The van der Waals surface area contributed by atoms with Crippen molar-refractivity contribution in [3.63, 3.8) is 0 Å². The van der Waals surface area contributed by atoms with Gasteiger partial charge in [0.2, 0.25) is 5.91 Å². The number of benzene rings is 1. The van der Waals surface area contributed by atoms with E-state index in [0.717, 1.165) is 24.9 Å². The van der Waals surface area contributed by atoms with E-state index in [0.29, 0.717) is 17.1 Å². The highest BCUT2D eigenvalue weighted by molar-refractivity contribution is 5.96. The van der Waals surface area contributed by atoms with Gasteiger partial charge in [0.05, 0.1) is 17.1 Å². The molecule has 1 saturated heterocycles. The average Bonchev–Trinajstić information content (AvgIpc) is 2.78. The van der Waals surface area contributed by atoms with Crippen LogP contribution in [0, 0.1) is 5.92 Å². The Balaban J connectivity index is 1.74. The van der Waals surface area contributed by atoms with Gasteiger partial charge in [0.1, 0.15) is 0 Å². The fourth-order valence-corrected chi connectivity index (χ4v) is 2.65. The van der Waals surface area contributed by atoms with Crippen molar-refractivity contribution in [1.29, 1.82) is 0 Å². The van der Waals surface area contributed by atoms with Crippen LogP contribution in [0.15, 0.2) is 23.0 Å². The first-order valence-electron chi connectivity index (χ1n) is 6.88. The topological polar surface area (TPSA) is 89.8 Å². The lowest BCUT2D eigenvalue weighted by atomic mass is 9.94. The zero-order valence-corrected chi connectivity index (χ0v) is 11.3. The van der Waals surface area contributed by atoms with Crippen LogP contribution in [0.4, 0.5) is 5.69 Å². The second-order valence-electron chi connectivity index (χ2n) is 5.46. The standard InChI is InChI=1S/C14H18N4O2/c1-8-4-5-15-12(6-8)13(19)16-9-2-3-10-11(7-9)18-14(20)17-10/h2-3,7-8,12,15H,4-6H2,1H3,(H,16,19)(H2,17,18,20). The molecular formula is C14H18N4O2. The Morgan fingerprint density at radius 1 is 1.30 bits per heavy atom. The minimum Gasteiger partial charge on any atom is -0.325 e. The van der Waals surface area contributed by atoms with Gasteiger partial charge in [-0.15, -0.1) is 0 Å². The first-order chi connectivity index (χ1) is 9.61. The van der Waals surface area contributed by atoms with Gasteiger partial charge >= 0.3 is 5.69 Å². The van der Waals surface area contributed by atoms with Gasteiger partial charge in [0.15, 0.2) is 0 Å². The summed E-state index contributed by atoms with van der Waals surface area (Å²) in [6.07, 6.45) is 1.97. The number of amides is 1. The number of imidazole rings is 1. The third-order valence-corrected chi connectivity index (χ3v) is 3.77. The highest BCUT2D eigenvalue weighted by atomic mass is 16.2. The van der Waals surface area contributed by atoms with Crippen LogP contribution in [0.5, 0.6) is 0 Å². The van der Waals surface area contributed by atoms with Crippen LogP contribution < -0.4 is 16.3 Å². The minimum absolute atomic E-state index is 0.0196. The highest BCUT2D eigenvalue weighted by Crippen LogP contribution is 2.18. The lowest BCUT2D eigenvalue weighted by Gasteiger charge is -2.27. The van der Waals surface area contributed by atoms with E-state index in [1.165, 1.54) is 0 Å².